The molecule has 1 saturated heterocycles. The van der Waals surface area contributed by atoms with Gasteiger partial charge in [0, 0.05) is 7.34 Å². The van der Waals surface area contributed by atoms with E-state index in [0.717, 1.165) is 6.61 Å². The Bertz CT molecular complexity index is 143. The van der Waals surface area contributed by atoms with Gasteiger partial charge in [-0.25, -0.2) is 0 Å². The fraction of sp³-hybridized carbons (Fsp3) is 1.00. The van der Waals surface area contributed by atoms with Crippen LogP contribution < -0.4 is 0 Å². The van der Waals surface area contributed by atoms with Crippen LogP contribution in [-0.2, 0) is 9.47 Å². The van der Waals surface area contributed by atoms with Crippen molar-refractivity contribution in [2.24, 2.45) is 5.92 Å². The monoisotopic (exact) mass is 172 g/mol. The summed E-state index contributed by atoms with van der Waals surface area (Å²) in [7, 11) is 0. The van der Waals surface area contributed by atoms with Crippen molar-refractivity contribution >= 4 is 0 Å². The zero-order valence-electron chi connectivity index (χ0n) is 7.79. The number of hydrogen-bond donors (Lipinski definition) is 0. The molecular formula is C10H20O2. The quantitative estimate of drug-likeness (QED) is 0.605. The van der Waals surface area contributed by atoms with Crippen LogP contribution in [0, 0.1) is 5.92 Å². The highest BCUT2D eigenvalue weighted by molar-refractivity contribution is 4.72. The molecule has 2 atom stereocenters. The summed E-state index contributed by atoms with van der Waals surface area (Å²) in [6.45, 7) is 2.88. The third kappa shape index (κ3) is 1.80. The molecule has 0 bridgehead atoms. The van der Waals surface area contributed by atoms with Gasteiger partial charge in [-0.15, -0.1) is 0 Å². The van der Waals surface area contributed by atoms with Crippen LogP contribution in [0.15, 0.2) is 0 Å². The summed E-state index contributed by atoms with van der Waals surface area (Å²) < 4.78 is 11.3. The molecule has 12 heavy (non-hydrogen) atoms. The molecule has 1 saturated carbocycles. The fourth-order valence-corrected chi connectivity index (χ4v) is 2.19. The molecule has 0 amide bonds. The van der Waals surface area contributed by atoms with Crippen molar-refractivity contribution in [3.63, 3.8) is 0 Å². The Labute approximate surface area is 75.7 Å². The van der Waals surface area contributed by atoms with Crippen LogP contribution in [0.2, 0.25) is 0 Å². The first-order chi connectivity index (χ1) is 5.86. The molecule has 0 radical (unpaired) electrons. The van der Waals surface area contributed by atoms with Gasteiger partial charge in [0.25, 0.3) is 0 Å². The maximum Gasteiger partial charge on any atom is 0.160 e. The minimum Gasteiger partial charge on any atom is -0.350 e. The minimum absolute atomic E-state index is 0. The van der Waals surface area contributed by atoms with Crippen LogP contribution in [0.5, 0.6) is 0 Å². The lowest BCUT2D eigenvalue weighted by Gasteiger charge is -2.25. The number of hydrogen-bond acceptors (Lipinski definition) is 2. The Morgan fingerprint density at radius 3 is 2.50 bits per heavy atom. The van der Waals surface area contributed by atoms with Crippen molar-refractivity contribution in [3.8, 4) is 0 Å². The molecule has 1 heterocycles. The van der Waals surface area contributed by atoms with Crippen molar-refractivity contribution in [3.05, 3.63) is 0 Å². The second-order valence-electron chi connectivity index (χ2n) is 4.05. The van der Waals surface area contributed by atoms with E-state index in [2.05, 4.69) is 6.92 Å². The second kappa shape index (κ2) is 3.75. The van der Waals surface area contributed by atoms with Gasteiger partial charge in [-0.3, -0.25) is 0 Å². The highest BCUT2D eigenvalue weighted by Gasteiger charge is 2.31. The summed E-state index contributed by atoms with van der Waals surface area (Å²) in [6, 6.07) is 0. The molecule has 2 nitrogen and oxygen atoms in total. The maximum absolute atomic E-state index is 5.68. The standard InChI is InChI=1S/C10H18O2.H2/c1-8-7-11-10(12-8)9-5-3-2-4-6-9;/h8-10H,2-7H2,1H3;1H. The zero-order chi connectivity index (χ0) is 8.39. The number of rotatable bonds is 1. The van der Waals surface area contributed by atoms with Gasteiger partial charge in [-0.2, -0.15) is 0 Å². The van der Waals surface area contributed by atoms with E-state index in [9.17, 15) is 0 Å². The molecule has 0 aromatic heterocycles. The third-order valence-corrected chi connectivity index (χ3v) is 2.90. The van der Waals surface area contributed by atoms with Crippen LogP contribution >= 0.6 is 0 Å². The first-order valence-electron chi connectivity index (χ1n) is 5.13. The summed E-state index contributed by atoms with van der Waals surface area (Å²) >= 11 is 0. The van der Waals surface area contributed by atoms with E-state index in [1.807, 2.05) is 0 Å². The summed E-state index contributed by atoms with van der Waals surface area (Å²) in [4.78, 5) is 0. The molecule has 2 rings (SSSR count). The Hall–Kier alpha value is -0.0800. The van der Waals surface area contributed by atoms with Gasteiger partial charge in [0.05, 0.1) is 12.7 Å². The van der Waals surface area contributed by atoms with Gasteiger partial charge >= 0.3 is 0 Å². The molecule has 1 aliphatic carbocycles. The predicted molar refractivity (Wildman–Crippen MR) is 49.0 cm³/mol. The average molecular weight is 172 g/mol. The van der Waals surface area contributed by atoms with Crippen LogP contribution in [0.1, 0.15) is 40.5 Å². The SMILES string of the molecule is CC1COC(C2CCCCC2)O1.[HH]. The molecule has 1 aliphatic heterocycles. The van der Waals surface area contributed by atoms with Crippen molar-refractivity contribution < 1.29 is 10.9 Å². The van der Waals surface area contributed by atoms with Crippen LogP contribution in [0.4, 0.5) is 0 Å². The highest BCUT2D eigenvalue weighted by Crippen LogP contribution is 2.31. The maximum atomic E-state index is 5.68. The molecule has 0 N–H and O–H groups in total. The summed E-state index contributed by atoms with van der Waals surface area (Å²) in [5.41, 5.74) is 0. The first kappa shape index (κ1) is 8.52. The first-order valence-corrected chi connectivity index (χ1v) is 5.13. The lowest BCUT2D eigenvalue weighted by Crippen LogP contribution is -2.24. The Kier molecular flexibility index (Phi) is 2.66. The molecule has 2 heteroatoms. The van der Waals surface area contributed by atoms with Gasteiger partial charge in [-0.1, -0.05) is 19.3 Å². The largest absolute Gasteiger partial charge is 0.350 e. The average Bonchev–Trinajstić information content (AvgIpc) is 2.54. The van der Waals surface area contributed by atoms with Gasteiger partial charge < -0.3 is 9.47 Å². The van der Waals surface area contributed by atoms with E-state index >= 15 is 0 Å². The Morgan fingerprint density at radius 2 is 1.92 bits per heavy atom. The number of ether oxygens (including phenoxy) is 2. The van der Waals surface area contributed by atoms with E-state index in [1.54, 1.807) is 0 Å². The molecule has 0 aromatic rings. The smallest absolute Gasteiger partial charge is 0.160 e. The third-order valence-electron chi connectivity index (χ3n) is 2.90. The second-order valence-corrected chi connectivity index (χ2v) is 4.05. The topological polar surface area (TPSA) is 18.5 Å². The summed E-state index contributed by atoms with van der Waals surface area (Å²) in [6.07, 6.45) is 7.18. The highest BCUT2D eigenvalue weighted by atomic mass is 16.7. The van der Waals surface area contributed by atoms with Crippen molar-refractivity contribution in [1.29, 1.82) is 0 Å². The Balaban J connectivity index is 0.000000845. The normalized spacial score (nSPS) is 38.8. The van der Waals surface area contributed by atoms with Gasteiger partial charge in [-0.05, 0) is 19.8 Å². The molecule has 72 valence electrons. The van der Waals surface area contributed by atoms with E-state index in [-0.39, 0.29) is 7.72 Å². The zero-order valence-corrected chi connectivity index (χ0v) is 7.79. The van der Waals surface area contributed by atoms with Gasteiger partial charge in [0.1, 0.15) is 0 Å². The van der Waals surface area contributed by atoms with Crippen LogP contribution in [-0.4, -0.2) is 19.0 Å². The van der Waals surface area contributed by atoms with Crippen LogP contribution in [0.25, 0.3) is 0 Å². The van der Waals surface area contributed by atoms with Crippen molar-refractivity contribution in [1.82, 2.24) is 0 Å². The van der Waals surface area contributed by atoms with Crippen molar-refractivity contribution in [2.45, 2.75) is 51.4 Å². The van der Waals surface area contributed by atoms with Crippen LogP contribution in [0.3, 0.4) is 0 Å². The molecular weight excluding hydrogens is 152 g/mol. The summed E-state index contributed by atoms with van der Waals surface area (Å²) in [5, 5.41) is 0. The van der Waals surface area contributed by atoms with E-state index in [1.165, 1.54) is 32.1 Å². The van der Waals surface area contributed by atoms with E-state index in [4.69, 9.17) is 9.47 Å². The lowest BCUT2D eigenvalue weighted by atomic mass is 9.89. The fourth-order valence-electron chi connectivity index (χ4n) is 2.19. The van der Waals surface area contributed by atoms with Gasteiger partial charge in [0.15, 0.2) is 6.29 Å². The van der Waals surface area contributed by atoms with E-state index in [0.29, 0.717) is 12.0 Å². The minimum atomic E-state index is 0. The van der Waals surface area contributed by atoms with Gasteiger partial charge in [0.2, 0.25) is 0 Å². The van der Waals surface area contributed by atoms with E-state index < -0.39 is 0 Å². The molecule has 2 unspecified atom stereocenters. The van der Waals surface area contributed by atoms with Crippen molar-refractivity contribution in [2.75, 3.05) is 6.61 Å². The Morgan fingerprint density at radius 1 is 1.17 bits per heavy atom. The predicted octanol–water partition coefficient (Wildman–Crippen LogP) is 2.57. The molecule has 2 fully saturated rings. The molecule has 0 spiro atoms. The summed E-state index contributed by atoms with van der Waals surface area (Å²) in [5.74, 6) is 0.684. The molecule has 2 aliphatic rings. The molecule has 0 aromatic carbocycles. The lowest BCUT2D eigenvalue weighted by molar-refractivity contribution is -0.102.